The Bertz CT molecular complexity index is 553. The van der Waals surface area contributed by atoms with Crippen molar-refractivity contribution in [2.45, 2.75) is 58.7 Å². The number of hydrogen-bond acceptors (Lipinski definition) is 6. The molecule has 0 bridgehead atoms. The summed E-state index contributed by atoms with van der Waals surface area (Å²) in [6, 6.07) is -3.26. The van der Waals surface area contributed by atoms with E-state index in [0.717, 1.165) is 0 Å². The van der Waals surface area contributed by atoms with Gasteiger partial charge in [0.05, 0.1) is 0 Å². The number of rotatable bonds is 11. The molecule has 0 saturated heterocycles. The minimum Gasteiger partial charge on any atom is -0.596 e. The van der Waals surface area contributed by atoms with E-state index in [1.807, 2.05) is 13.8 Å². The summed E-state index contributed by atoms with van der Waals surface area (Å²) in [7, 11) is -2.72. The molecule has 0 fully saturated rings. The Morgan fingerprint density at radius 3 is 2.00 bits per heavy atom. The van der Waals surface area contributed by atoms with Crippen LogP contribution in [-0.2, 0) is 23.7 Å². The van der Waals surface area contributed by atoms with Gasteiger partial charge in [0.2, 0.25) is 17.7 Å². The van der Waals surface area contributed by atoms with Gasteiger partial charge in [-0.05, 0) is 19.3 Å². The third kappa shape index (κ3) is 10.0. The van der Waals surface area contributed by atoms with Crippen molar-refractivity contribution >= 4 is 31.7 Å². The van der Waals surface area contributed by atoms with E-state index in [0.29, 0.717) is 0 Å². The second kappa shape index (κ2) is 11.5. The SMILES string of the molecule is CC(=O)N[C@@H](CC[P+](=O)[O-])C(=O)N[C@@H](C)C(=O)N[C@@H](CC(C)C)C(=O)O. The Balaban J connectivity index is 4.85. The van der Waals surface area contributed by atoms with Gasteiger partial charge in [-0.25, -0.2) is 4.79 Å². The fraction of sp³-hybridized carbons (Fsp3) is 0.733. The number of amides is 3. The van der Waals surface area contributed by atoms with Crippen LogP contribution in [0.3, 0.4) is 0 Å². The molecule has 0 aliphatic rings. The number of carbonyl (C=O) groups is 4. The lowest BCUT2D eigenvalue weighted by molar-refractivity contribution is -0.164. The van der Waals surface area contributed by atoms with Crippen molar-refractivity contribution < 1.29 is 33.7 Å². The number of nitrogens with one attached hydrogen (secondary N) is 3. The maximum atomic E-state index is 12.2. The molecule has 4 atom stereocenters. The number of aliphatic carboxylic acids is 1. The van der Waals surface area contributed by atoms with Gasteiger partial charge in [0.15, 0.2) is 0 Å². The van der Waals surface area contributed by atoms with E-state index < -0.39 is 49.8 Å². The van der Waals surface area contributed by atoms with Crippen LogP contribution in [0, 0.1) is 5.92 Å². The summed E-state index contributed by atoms with van der Waals surface area (Å²) in [4.78, 5) is 57.3. The van der Waals surface area contributed by atoms with Crippen LogP contribution in [-0.4, -0.2) is 53.1 Å². The highest BCUT2D eigenvalue weighted by Gasteiger charge is 2.27. The smallest absolute Gasteiger partial charge is 0.326 e. The van der Waals surface area contributed by atoms with Crippen molar-refractivity contribution in [1.82, 2.24) is 16.0 Å². The van der Waals surface area contributed by atoms with Gasteiger partial charge < -0.3 is 26.0 Å². The first kappa shape index (κ1) is 23.9. The molecule has 3 amide bonds. The third-order valence-electron chi connectivity index (χ3n) is 3.37. The first-order valence-electron chi connectivity index (χ1n) is 8.16. The minimum atomic E-state index is -2.72. The average molecular weight is 391 g/mol. The highest BCUT2D eigenvalue weighted by atomic mass is 31.1. The van der Waals surface area contributed by atoms with Gasteiger partial charge in [0, 0.05) is 13.3 Å². The zero-order chi connectivity index (χ0) is 20.4. The van der Waals surface area contributed by atoms with Crippen molar-refractivity contribution in [3.63, 3.8) is 0 Å². The minimum absolute atomic E-state index is 0.0412. The van der Waals surface area contributed by atoms with E-state index in [1.165, 1.54) is 13.8 Å². The van der Waals surface area contributed by atoms with E-state index in [9.17, 15) is 28.6 Å². The van der Waals surface area contributed by atoms with Crippen LogP contribution in [0.1, 0.15) is 40.5 Å². The molecule has 1 unspecified atom stereocenters. The molecule has 0 rings (SSSR count). The summed E-state index contributed by atoms with van der Waals surface area (Å²) in [6.07, 6.45) is -0.208. The molecule has 0 aromatic rings. The van der Waals surface area contributed by atoms with Crippen molar-refractivity contribution in [2.24, 2.45) is 5.92 Å². The molecule has 4 N–H and O–H groups in total. The summed E-state index contributed by atoms with van der Waals surface area (Å²) in [5.41, 5.74) is 0. The number of carboxylic acid groups (broad SMARTS) is 1. The predicted octanol–water partition coefficient (Wildman–Crippen LogP) is -0.896. The monoisotopic (exact) mass is 391 g/mol. The summed E-state index contributed by atoms with van der Waals surface area (Å²) >= 11 is 0. The Morgan fingerprint density at radius 2 is 1.58 bits per heavy atom. The largest absolute Gasteiger partial charge is 0.596 e. The van der Waals surface area contributed by atoms with Crippen molar-refractivity contribution in [1.29, 1.82) is 0 Å². The van der Waals surface area contributed by atoms with Crippen molar-refractivity contribution in [2.75, 3.05) is 6.16 Å². The van der Waals surface area contributed by atoms with Gasteiger partial charge in [-0.1, -0.05) is 18.4 Å². The van der Waals surface area contributed by atoms with Crippen LogP contribution in [0.5, 0.6) is 0 Å². The first-order valence-corrected chi connectivity index (χ1v) is 9.52. The molecule has 0 saturated carbocycles. The van der Waals surface area contributed by atoms with Gasteiger partial charge in [0.25, 0.3) is 0 Å². The van der Waals surface area contributed by atoms with Crippen LogP contribution >= 0.6 is 8.03 Å². The van der Waals surface area contributed by atoms with Crippen LogP contribution in [0.4, 0.5) is 0 Å². The lowest BCUT2D eigenvalue weighted by atomic mass is 10.0. The maximum absolute atomic E-state index is 12.2. The standard InChI is InChI=1S/C15H26N3O7P/c1-8(2)7-12(15(22)23)18-13(20)9(3)16-14(21)11(17-10(4)19)5-6-26(24)25/h8-9,11-12H,5-7H2,1-4H3,(H,16,21)(H,17,19)(H,18,20)(H,22,23)/t9-,11-,12-/m0/s1. The van der Waals surface area contributed by atoms with Gasteiger partial charge in [-0.3, -0.25) is 14.4 Å². The molecule has 0 aliphatic heterocycles. The van der Waals surface area contributed by atoms with Crippen molar-refractivity contribution in [3.05, 3.63) is 0 Å². The fourth-order valence-corrected chi connectivity index (χ4v) is 2.59. The highest BCUT2D eigenvalue weighted by molar-refractivity contribution is 7.36. The van der Waals surface area contributed by atoms with Crippen LogP contribution in [0.25, 0.3) is 0 Å². The van der Waals surface area contributed by atoms with Crippen LogP contribution in [0.15, 0.2) is 0 Å². The van der Waals surface area contributed by atoms with Gasteiger partial charge in [-0.2, -0.15) is 0 Å². The molecule has 148 valence electrons. The Morgan fingerprint density at radius 1 is 1.00 bits per heavy atom. The first-order chi connectivity index (χ1) is 11.9. The maximum Gasteiger partial charge on any atom is 0.326 e. The van der Waals surface area contributed by atoms with Gasteiger partial charge in [-0.15, -0.1) is 0 Å². The fourth-order valence-electron chi connectivity index (χ4n) is 2.12. The second-order valence-electron chi connectivity index (χ2n) is 6.36. The lowest BCUT2D eigenvalue weighted by Crippen LogP contribution is -2.54. The molecule has 0 aliphatic carbocycles. The topological polar surface area (TPSA) is 165 Å². The molecular weight excluding hydrogens is 365 g/mol. The summed E-state index contributed by atoms with van der Waals surface area (Å²) in [5, 5.41) is 16.2. The molecule has 26 heavy (non-hydrogen) atoms. The van der Waals surface area contributed by atoms with E-state index >= 15 is 0 Å². The lowest BCUT2D eigenvalue weighted by Gasteiger charge is -2.22. The molecule has 0 heterocycles. The highest BCUT2D eigenvalue weighted by Crippen LogP contribution is 2.11. The second-order valence-corrected chi connectivity index (χ2v) is 7.47. The van der Waals surface area contributed by atoms with E-state index in [4.69, 9.17) is 5.11 Å². The van der Waals surface area contributed by atoms with Gasteiger partial charge in [0.1, 0.15) is 24.3 Å². The van der Waals surface area contributed by atoms with Crippen LogP contribution < -0.4 is 20.8 Å². The molecule has 10 nitrogen and oxygen atoms in total. The molecule has 0 aromatic heterocycles. The Kier molecular flexibility index (Phi) is 10.6. The predicted molar refractivity (Wildman–Crippen MR) is 91.3 cm³/mol. The molecule has 0 radical (unpaired) electrons. The summed E-state index contributed by atoms with van der Waals surface area (Å²) in [5.74, 6) is -3.08. The Labute approximate surface area is 153 Å². The summed E-state index contributed by atoms with van der Waals surface area (Å²) < 4.78 is 10.7. The quantitative estimate of drug-likeness (QED) is 0.331. The molecule has 0 spiro atoms. The Hall–Kier alpha value is -2.06. The molecular formula is C15H26N3O7P. The van der Waals surface area contributed by atoms with E-state index in [2.05, 4.69) is 16.0 Å². The average Bonchev–Trinajstić information content (AvgIpc) is 2.49. The van der Waals surface area contributed by atoms with Gasteiger partial charge >= 0.3 is 14.0 Å². The van der Waals surface area contributed by atoms with E-state index in [1.54, 1.807) is 0 Å². The number of carbonyl (C=O) groups excluding carboxylic acids is 3. The zero-order valence-electron chi connectivity index (χ0n) is 15.3. The van der Waals surface area contributed by atoms with Crippen LogP contribution in [0.2, 0.25) is 0 Å². The van der Waals surface area contributed by atoms with Crippen molar-refractivity contribution in [3.8, 4) is 0 Å². The molecule has 0 aromatic carbocycles. The number of carboxylic acids is 1. The van der Waals surface area contributed by atoms with E-state index in [-0.39, 0.29) is 24.9 Å². The molecule has 11 heteroatoms. The normalized spacial score (nSPS) is 14.8. The summed E-state index contributed by atoms with van der Waals surface area (Å²) in [6.45, 7) is 6.16. The third-order valence-corrected chi connectivity index (χ3v) is 3.99. The number of hydrogen-bond donors (Lipinski definition) is 4. The zero-order valence-corrected chi connectivity index (χ0v) is 16.2.